The van der Waals surface area contributed by atoms with Gasteiger partial charge in [-0.1, -0.05) is 20.8 Å². The van der Waals surface area contributed by atoms with Crippen molar-refractivity contribution in [3.8, 4) is 0 Å². The first kappa shape index (κ1) is 14.6. The van der Waals surface area contributed by atoms with Gasteiger partial charge in [-0.2, -0.15) is 16.9 Å². The summed E-state index contributed by atoms with van der Waals surface area (Å²) in [6, 6.07) is 0.543. The van der Waals surface area contributed by atoms with Crippen molar-refractivity contribution in [2.45, 2.75) is 57.2 Å². The van der Waals surface area contributed by atoms with Gasteiger partial charge in [0.15, 0.2) is 0 Å². The van der Waals surface area contributed by atoms with Gasteiger partial charge in [-0.05, 0) is 30.9 Å². The van der Waals surface area contributed by atoms with E-state index in [2.05, 4.69) is 42.9 Å². The maximum atomic E-state index is 6.23. The Balaban J connectivity index is 2.04. The Hall–Kier alpha value is -0.840. The highest BCUT2D eigenvalue weighted by molar-refractivity contribution is 7.99. The predicted octanol–water partition coefficient (Wildman–Crippen LogP) is 3.21. The smallest absolute Gasteiger partial charge is 0.148 e. The van der Waals surface area contributed by atoms with E-state index in [0.29, 0.717) is 12.0 Å². The molecule has 2 unspecified atom stereocenters. The number of anilines is 2. The van der Waals surface area contributed by atoms with Crippen molar-refractivity contribution in [1.29, 1.82) is 0 Å². The summed E-state index contributed by atoms with van der Waals surface area (Å²) in [4.78, 5) is 0. The molecule has 0 radical (unpaired) electrons. The Bertz CT molecular complexity index is 427. The molecule has 0 saturated heterocycles. The minimum Gasteiger partial charge on any atom is -0.394 e. The maximum Gasteiger partial charge on any atom is 0.148 e. The number of hydrogen-bond acceptors (Lipinski definition) is 4. The van der Waals surface area contributed by atoms with Crippen LogP contribution in [-0.4, -0.2) is 26.8 Å². The summed E-state index contributed by atoms with van der Waals surface area (Å²) in [6.45, 7) is 6.50. The van der Waals surface area contributed by atoms with Gasteiger partial charge < -0.3 is 11.1 Å². The molecule has 0 aliphatic heterocycles. The topological polar surface area (TPSA) is 55.9 Å². The molecule has 108 valence electrons. The number of nitrogens with one attached hydrogen (secondary N) is 1. The van der Waals surface area contributed by atoms with Gasteiger partial charge in [0.1, 0.15) is 5.82 Å². The van der Waals surface area contributed by atoms with Crippen LogP contribution in [0, 0.1) is 0 Å². The molecule has 3 N–H and O–H groups in total. The number of rotatable bonds is 5. The van der Waals surface area contributed by atoms with Gasteiger partial charge in [0.05, 0.1) is 11.4 Å². The average Bonchev–Trinajstić information content (AvgIpc) is 2.89. The van der Waals surface area contributed by atoms with Crippen molar-refractivity contribution in [2.75, 3.05) is 16.8 Å². The molecule has 5 heteroatoms. The quantitative estimate of drug-likeness (QED) is 0.870. The highest BCUT2D eigenvalue weighted by Crippen LogP contribution is 2.34. The minimum atomic E-state index is 0.369. The van der Waals surface area contributed by atoms with Gasteiger partial charge in [0, 0.05) is 18.3 Å². The van der Waals surface area contributed by atoms with Crippen molar-refractivity contribution in [3.63, 3.8) is 0 Å². The summed E-state index contributed by atoms with van der Waals surface area (Å²) in [5.74, 6) is 2.58. The number of nitrogens with zero attached hydrogens (tertiary/aromatic N) is 2. The zero-order valence-corrected chi connectivity index (χ0v) is 13.3. The normalized spacial score (nSPS) is 23.2. The van der Waals surface area contributed by atoms with Crippen LogP contribution in [-0.2, 0) is 7.05 Å². The third-order valence-electron chi connectivity index (χ3n) is 3.79. The van der Waals surface area contributed by atoms with Crippen molar-refractivity contribution < 1.29 is 0 Å². The number of thioether (sulfide) groups is 1. The lowest BCUT2D eigenvalue weighted by Crippen LogP contribution is -2.19. The lowest BCUT2D eigenvalue weighted by atomic mass is 10.1. The second-order valence-electron chi connectivity index (χ2n) is 5.66. The number of nitrogen functional groups attached to an aromatic ring is 1. The summed E-state index contributed by atoms with van der Waals surface area (Å²) in [6.07, 6.45) is 3.78. The molecule has 1 saturated carbocycles. The fourth-order valence-corrected chi connectivity index (χ4v) is 3.95. The zero-order chi connectivity index (χ0) is 14.0. The van der Waals surface area contributed by atoms with Gasteiger partial charge in [-0.3, -0.25) is 4.68 Å². The summed E-state index contributed by atoms with van der Waals surface area (Å²) < 4.78 is 1.89. The first-order valence-corrected chi connectivity index (χ1v) is 8.28. The molecule has 19 heavy (non-hydrogen) atoms. The molecule has 0 bridgehead atoms. The van der Waals surface area contributed by atoms with Crippen molar-refractivity contribution in [3.05, 3.63) is 5.69 Å². The van der Waals surface area contributed by atoms with Crippen molar-refractivity contribution >= 4 is 23.3 Å². The number of hydrogen-bond donors (Lipinski definition) is 2. The van der Waals surface area contributed by atoms with E-state index in [9.17, 15) is 0 Å². The molecule has 0 spiro atoms. The van der Waals surface area contributed by atoms with Gasteiger partial charge >= 0.3 is 0 Å². The van der Waals surface area contributed by atoms with E-state index < -0.39 is 0 Å². The lowest BCUT2D eigenvalue weighted by molar-refractivity contribution is 0.693. The molecule has 1 fully saturated rings. The first-order chi connectivity index (χ1) is 9.02. The SMILES string of the molecule is CCSC1CCC(Nc2c(N)c(C(C)C)nn2C)C1. The Labute approximate surface area is 120 Å². The van der Waals surface area contributed by atoms with Crippen LogP contribution >= 0.6 is 11.8 Å². The molecule has 1 aliphatic carbocycles. The maximum absolute atomic E-state index is 6.23. The van der Waals surface area contributed by atoms with Crippen LogP contribution in [0.25, 0.3) is 0 Å². The Morgan fingerprint density at radius 1 is 1.47 bits per heavy atom. The minimum absolute atomic E-state index is 0.369. The van der Waals surface area contributed by atoms with Crippen LogP contribution in [0.15, 0.2) is 0 Å². The molecule has 2 rings (SSSR count). The van der Waals surface area contributed by atoms with Gasteiger partial charge in [-0.15, -0.1) is 0 Å². The second-order valence-corrected chi connectivity index (χ2v) is 7.23. The molecule has 1 heterocycles. The zero-order valence-electron chi connectivity index (χ0n) is 12.4. The van der Waals surface area contributed by atoms with Gasteiger partial charge in [0.25, 0.3) is 0 Å². The standard InChI is InChI=1S/C14H26N4S/c1-5-19-11-7-6-10(8-11)16-14-12(15)13(9(2)3)17-18(14)4/h9-11,16H,5-8,15H2,1-4H3. The third-order valence-corrected chi connectivity index (χ3v) is 5.02. The largest absolute Gasteiger partial charge is 0.394 e. The Morgan fingerprint density at radius 3 is 2.79 bits per heavy atom. The molecular weight excluding hydrogens is 256 g/mol. The van der Waals surface area contributed by atoms with Gasteiger partial charge in [-0.25, -0.2) is 0 Å². The number of aryl methyl sites for hydroxylation is 1. The van der Waals surface area contributed by atoms with E-state index in [0.717, 1.165) is 22.4 Å². The van der Waals surface area contributed by atoms with Crippen LogP contribution < -0.4 is 11.1 Å². The number of nitrogens with two attached hydrogens (primary N) is 1. The van der Waals surface area contributed by atoms with E-state index in [1.54, 1.807) is 0 Å². The van der Waals surface area contributed by atoms with Crippen LogP contribution in [0.3, 0.4) is 0 Å². The molecule has 1 aromatic heterocycles. The van der Waals surface area contributed by atoms with E-state index in [-0.39, 0.29) is 0 Å². The summed E-state index contributed by atoms with van der Waals surface area (Å²) in [5.41, 5.74) is 8.05. The predicted molar refractivity (Wildman–Crippen MR) is 84.9 cm³/mol. The summed E-state index contributed by atoms with van der Waals surface area (Å²) in [7, 11) is 1.97. The number of aromatic nitrogens is 2. The fraction of sp³-hybridized carbons (Fsp3) is 0.786. The molecule has 0 aromatic carbocycles. The molecule has 2 atom stereocenters. The first-order valence-electron chi connectivity index (χ1n) is 7.23. The summed E-state index contributed by atoms with van der Waals surface area (Å²) in [5, 5.41) is 8.94. The lowest BCUT2D eigenvalue weighted by Gasteiger charge is -2.15. The van der Waals surface area contributed by atoms with Crippen molar-refractivity contribution in [2.24, 2.45) is 7.05 Å². The monoisotopic (exact) mass is 282 g/mol. The van der Waals surface area contributed by atoms with Crippen LogP contribution in [0.5, 0.6) is 0 Å². The highest BCUT2D eigenvalue weighted by Gasteiger charge is 2.26. The highest BCUT2D eigenvalue weighted by atomic mass is 32.2. The van der Waals surface area contributed by atoms with Crippen LogP contribution in [0.1, 0.15) is 51.6 Å². The van der Waals surface area contributed by atoms with E-state index in [4.69, 9.17) is 5.73 Å². The molecule has 4 nitrogen and oxygen atoms in total. The molecular formula is C14H26N4S. The molecule has 1 aromatic rings. The third kappa shape index (κ3) is 3.19. The van der Waals surface area contributed by atoms with Crippen LogP contribution in [0.2, 0.25) is 0 Å². The fourth-order valence-electron chi connectivity index (χ4n) is 2.81. The van der Waals surface area contributed by atoms with E-state index in [1.165, 1.54) is 25.0 Å². The average molecular weight is 282 g/mol. The Morgan fingerprint density at radius 2 is 2.21 bits per heavy atom. The van der Waals surface area contributed by atoms with E-state index in [1.807, 2.05) is 11.7 Å². The van der Waals surface area contributed by atoms with E-state index >= 15 is 0 Å². The van der Waals surface area contributed by atoms with Gasteiger partial charge in [0.2, 0.25) is 0 Å². The Kier molecular flexibility index (Phi) is 4.66. The second kappa shape index (κ2) is 6.07. The summed E-state index contributed by atoms with van der Waals surface area (Å²) >= 11 is 2.08. The van der Waals surface area contributed by atoms with Crippen molar-refractivity contribution in [1.82, 2.24) is 9.78 Å². The molecule has 1 aliphatic rings. The van der Waals surface area contributed by atoms with Crippen LogP contribution in [0.4, 0.5) is 11.5 Å². The molecule has 0 amide bonds.